The maximum atomic E-state index is 10.6. The summed E-state index contributed by atoms with van der Waals surface area (Å²) in [4.78, 5) is 10.6. The van der Waals surface area contributed by atoms with E-state index in [4.69, 9.17) is 10.5 Å². The summed E-state index contributed by atoms with van der Waals surface area (Å²) in [6.45, 7) is 4.68. The molecule has 1 aromatic carbocycles. The highest BCUT2D eigenvalue weighted by atomic mass is 79.9. The summed E-state index contributed by atoms with van der Waals surface area (Å²) >= 11 is 3.46. The Balaban J connectivity index is 2.39. The van der Waals surface area contributed by atoms with Crippen LogP contribution in [0.4, 0.5) is 0 Å². The third-order valence-corrected chi connectivity index (χ3v) is 3.42. The second-order valence-electron chi connectivity index (χ2n) is 4.33. The minimum atomic E-state index is -0.255. The Morgan fingerprint density at radius 2 is 2.24 bits per heavy atom. The first kappa shape index (κ1) is 14.0. The molecule has 3 nitrogen and oxygen atoms in total. The largest absolute Gasteiger partial charge is 0.493 e. The topological polar surface area (TPSA) is 52.3 Å². The maximum absolute atomic E-state index is 10.6. The number of carbonyl (C=O) groups is 1. The van der Waals surface area contributed by atoms with Gasteiger partial charge in [0, 0.05) is 10.9 Å². The second kappa shape index (κ2) is 6.64. The number of nitrogens with two attached hydrogens (primary N) is 1. The lowest BCUT2D eigenvalue weighted by Crippen LogP contribution is -2.15. The zero-order chi connectivity index (χ0) is 12.8. The smallest absolute Gasteiger partial charge is 0.217 e. The van der Waals surface area contributed by atoms with Gasteiger partial charge >= 0.3 is 0 Å². The third-order valence-electron chi connectivity index (χ3n) is 2.56. The van der Waals surface area contributed by atoms with Crippen LogP contribution in [-0.2, 0) is 4.79 Å². The van der Waals surface area contributed by atoms with E-state index in [1.165, 1.54) is 5.56 Å². The summed E-state index contributed by atoms with van der Waals surface area (Å²) in [5.41, 5.74) is 6.28. The van der Waals surface area contributed by atoms with Gasteiger partial charge in [-0.1, -0.05) is 28.9 Å². The molecule has 0 unspecified atom stereocenters. The van der Waals surface area contributed by atoms with Gasteiger partial charge in [0.05, 0.1) is 6.61 Å². The normalized spacial score (nSPS) is 12.2. The molecule has 1 atom stereocenters. The molecule has 0 aliphatic heterocycles. The van der Waals surface area contributed by atoms with Gasteiger partial charge in [-0.2, -0.15) is 0 Å². The van der Waals surface area contributed by atoms with Crippen LogP contribution in [0.2, 0.25) is 0 Å². The molecule has 1 aromatic rings. The predicted octanol–water partition coefficient (Wildman–Crippen LogP) is 3.04. The van der Waals surface area contributed by atoms with Gasteiger partial charge in [0.2, 0.25) is 5.91 Å². The number of rotatable bonds is 6. The van der Waals surface area contributed by atoms with Crippen LogP contribution in [0.3, 0.4) is 0 Å². The summed E-state index contributed by atoms with van der Waals surface area (Å²) in [6, 6.07) is 5.91. The van der Waals surface area contributed by atoms with Crippen molar-refractivity contribution in [3.8, 4) is 5.75 Å². The van der Waals surface area contributed by atoms with Crippen LogP contribution in [-0.4, -0.2) is 12.5 Å². The highest BCUT2D eigenvalue weighted by Crippen LogP contribution is 2.22. The van der Waals surface area contributed by atoms with Crippen molar-refractivity contribution in [2.24, 2.45) is 11.7 Å². The van der Waals surface area contributed by atoms with E-state index in [1.54, 1.807) is 0 Å². The van der Waals surface area contributed by atoms with Crippen LogP contribution in [0.1, 0.15) is 25.3 Å². The summed E-state index contributed by atoms with van der Waals surface area (Å²) in [6.07, 6.45) is 1.19. The Labute approximate surface area is 110 Å². The third kappa shape index (κ3) is 5.22. The van der Waals surface area contributed by atoms with Crippen molar-refractivity contribution in [3.63, 3.8) is 0 Å². The van der Waals surface area contributed by atoms with Crippen LogP contribution in [0, 0.1) is 12.8 Å². The summed E-state index contributed by atoms with van der Waals surface area (Å²) in [5, 5.41) is 0. The van der Waals surface area contributed by atoms with Crippen molar-refractivity contribution in [3.05, 3.63) is 28.2 Å². The first-order chi connectivity index (χ1) is 7.99. The Morgan fingerprint density at radius 1 is 1.53 bits per heavy atom. The molecular weight excluding hydrogens is 282 g/mol. The monoisotopic (exact) mass is 299 g/mol. The molecule has 0 heterocycles. The average molecular weight is 300 g/mol. The number of carbonyl (C=O) groups excluding carboxylic acids is 1. The molecule has 1 rings (SSSR count). The van der Waals surface area contributed by atoms with Crippen LogP contribution in [0.5, 0.6) is 5.75 Å². The Hall–Kier alpha value is -1.03. The van der Waals surface area contributed by atoms with E-state index < -0.39 is 0 Å². The zero-order valence-corrected chi connectivity index (χ0v) is 11.8. The van der Waals surface area contributed by atoms with E-state index in [9.17, 15) is 4.79 Å². The number of hydrogen-bond donors (Lipinski definition) is 1. The standard InChI is InChI=1S/C13H18BrNO2/c1-9(3-6-13(15)16)8-17-11-5-4-10(2)12(14)7-11/h4-5,7,9H,3,6,8H2,1-2H3,(H2,15,16)/t9-/m0/s1. The zero-order valence-electron chi connectivity index (χ0n) is 10.2. The van der Waals surface area contributed by atoms with E-state index in [2.05, 4.69) is 15.9 Å². The Morgan fingerprint density at radius 3 is 2.82 bits per heavy atom. The van der Waals surface area contributed by atoms with E-state index in [-0.39, 0.29) is 5.91 Å². The molecule has 94 valence electrons. The second-order valence-corrected chi connectivity index (χ2v) is 5.19. The average Bonchev–Trinajstić information content (AvgIpc) is 2.28. The SMILES string of the molecule is Cc1ccc(OC[C@@H](C)CCC(N)=O)cc1Br. The molecule has 0 fully saturated rings. The molecule has 2 N–H and O–H groups in total. The van der Waals surface area contributed by atoms with Crippen molar-refractivity contribution < 1.29 is 9.53 Å². The molecule has 17 heavy (non-hydrogen) atoms. The van der Waals surface area contributed by atoms with Gasteiger partial charge in [-0.3, -0.25) is 4.79 Å². The van der Waals surface area contributed by atoms with Crippen molar-refractivity contribution in [2.75, 3.05) is 6.61 Å². The van der Waals surface area contributed by atoms with Gasteiger partial charge in [-0.15, -0.1) is 0 Å². The van der Waals surface area contributed by atoms with E-state index in [0.29, 0.717) is 18.9 Å². The van der Waals surface area contributed by atoms with Crippen LogP contribution in [0.25, 0.3) is 0 Å². The molecule has 0 spiro atoms. The number of primary amides is 1. The minimum Gasteiger partial charge on any atom is -0.493 e. The van der Waals surface area contributed by atoms with E-state index >= 15 is 0 Å². The first-order valence-electron chi connectivity index (χ1n) is 5.66. The van der Waals surface area contributed by atoms with E-state index in [1.807, 2.05) is 32.0 Å². The molecule has 0 radical (unpaired) electrons. The highest BCUT2D eigenvalue weighted by Gasteiger charge is 2.06. The van der Waals surface area contributed by atoms with Gasteiger partial charge in [-0.05, 0) is 37.0 Å². The number of benzene rings is 1. The molecule has 4 heteroatoms. The molecule has 0 bridgehead atoms. The van der Waals surface area contributed by atoms with Crippen LogP contribution < -0.4 is 10.5 Å². The number of halogens is 1. The summed E-state index contributed by atoms with van der Waals surface area (Å²) in [5.74, 6) is 0.908. The molecule has 0 aromatic heterocycles. The molecular formula is C13H18BrNO2. The lowest BCUT2D eigenvalue weighted by molar-refractivity contribution is -0.118. The Kier molecular flexibility index (Phi) is 5.48. The van der Waals surface area contributed by atoms with Crippen LogP contribution in [0.15, 0.2) is 22.7 Å². The van der Waals surface area contributed by atoms with Gasteiger partial charge < -0.3 is 10.5 Å². The molecule has 0 saturated carbocycles. The first-order valence-corrected chi connectivity index (χ1v) is 6.45. The summed E-state index contributed by atoms with van der Waals surface area (Å²) < 4.78 is 6.70. The molecule has 0 aliphatic carbocycles. The molecule has 0 saturated heterocycles. The number of amides is 1. The highest BCUT2D eigenvalue weighted by molar-refractivity contribution is 9.10. The van der Waals surface area contributed by atoms with Crippen molar-refractivity contribution in [1.82, 2.24) is 0 Å². The fraction of sp³-hybridized carbons (Fsp3) is 0.462. The lowest BCUT2D eigenvalue weighted by Gasteiger charge is -2.12. The maximum Gasteiger partial charge on any atom is 0.217 e. The van der Waals surface area contributed by atoms with Gasteiger partial charge in [0.25, 0.3) is 0 Å². The van der Waals surface area contributed by atoms with Gasteiger partial charge in [0.15, 0.2) is 0 Å². The molecule has 0 aliphatic rings. The fourth-order valence-corrected chi connectivity index (χ4v) is 1.73. The number of hydrogen-bond acceptors (Lipinski definition) is 2. The van der Waals surface area contributed by atoms with Gasteiger partial charge in [-0.25, -0.2) is 0 Å². The number of ether oxygens (including phenoxy) is 1. The number of aryl methyl sites for hydroxylation is 1. The van der Waals surface area contributed by atoms with Crippen LogP contribution >= 0.6 is 15.9 Å². The quantitative estimate of drug-likeness (QED) is 0.878. The lowest BCUT2D eigenvalue weighted by atomic mass is 10.1. The summed E-state index contributed by atoms with van der Waals surface area (Å²) in [7, 11) is 0. The van der Waals surface area contributed by atoms with Crippen molar-refractivity contribution in [2.45, 2.75) is 26.7 Å². The van der Waals surface area contributed by atoms with Crippen molar-refractivity contribution in [1.29, 1.82) is 0 Å². The Bertz CT molecular complexity index is 393. The predicted molar refractivity (Wildman–Crippen MR) is 72.0 cm³/mol. The van der Waals surface area contributed by atoms with Crippen molar-refractivity contribution >= 4 is 21.8 Å². The molecule has 1 amide bonds. The minimum absolute atomic E-state index is 0.255. The fourth-order valence-electron chi connectivity index (χ4n) is 1.37. The van der Waals surface area contributed by atoms with Gasteiger partial charge in [0.1, 0.15) is 5.75 Å². The van der Waals surface area contributed by atoms with E-state index in [0.717, 1.165) is 16.6 Å².